The number of rotatable bonds is 6. The molecule has 122 valence electrons. The van der Waals surface area contributed by atoms with Gasteiger partial charge in [-0.25, -0.2) is 13.6 Å². The lowest BCUT2D eigenvalue weighted by atomic mass is 10.1. The lowest BCUT2D eigenvalue weighted by Crippen LogP contribution is -2.12. The molecule has 0 saturated heterocycles. The van der Waals surface area contributed by atoms with Crippen molar-refractivity contribution >= 4 is 21.4 Å². The largest absolute Gasteiger partial charge is 0.379 e. The van der Waals surface area contributed by atoms with Gasteiger partial charge in [-0.05, 0) is 42.7 Å². The monoisotopic (exact) mass is 335 g/mol. The van der Waals surface area contributed by atoms with E-state index in [1.807, 2.05) is 0 Å². The third-order valence-electron chi connectivity index (χ3n) is 3.33. The van der Waals surface area contributed by atoms with Crippen molar-refractivity contribution in [3.8, 4) is 0 Å². The molecule has 0 aliphatic rings. The summed E-state index contributed by atoms with van der Waals surface area (Å²) in [5.74, 6) is 0. The zero-order chi connectivity index (χ0) is 17.0. The number of nitro groups is 1. The van der Waals surface area contributed by atoms with Crippen LogP contribution in [0, 0.1) is 17.0 Å². The van der Waals surface area contributed by atoms with E-state index in [4.69, 9.17) is 5.14 Å². The molecule has 2 rings (SSSR count). The van der Waals surface area contributed by atoms with Gasteiger partial charge in [-0.1, -0.05) is 18.2 Å². The van der Waals surface area contributed by atoms with Crippen LogP contribution in [0.2, 0.25) is 0 Å². The molecule has 0 atom stereocenters. The first-order chi connectivity index (χ1) is 10.8. The summed E-state index contributed by atoms with van der Waals surface area (Å²) in [6, 6.07) is 11.2. The number of sulfonamides is 1. The van der Waals surface area contributed by atoms with Crippen molar-refractivity contribution < 1.29 is 13.3 Å². The Labute approximate surface area is 134 Å². The molecule has 0 unspecified atom stereocenters. The van der Waals surface area contributed by atoms with Crippen molar-refractivity contribution in [2.75, 3.05) is 11.9 Å². The van der Waals surface area contributed by atoms with E-state index in [-0.39, 0.29) is 10.6 Å². The predicted octanol–water partition coefficient (Wildman–Crippen LogP) is 2.21. The number of nitrogens with two attached hydrogens (primary N) is 1. The van der Waals surface area contributed by atoms with Gasteiger partial charge in [0.1, 0.15) is 5.69 Å². The third kappa shape index (κ3) is 4.51. The summed E-state index contributed by atoms with van der Waals surface area (Å²) in [5.41, 5.74) is 2.22. The Morgan fingerprint density at radius 3 is 2.39 bits per heavy atom. The first-order valence-electron chi connectivity index (χ1n) is 6.88. The third-order valence-corrected chi connectivity index (χ3v) is 4.26. The van der Waals surface area contributed by atoms with Gasteiger partial charge in [-0.2, -0.15) is 0 Å². The second kappa shape index (κ2) is 6.76. The van der Waals surface area contributed by atoms with Crippen LogP contribution in [0.3, 0.4) is 0 Å². The molecule has 2 aromatic carbocycles. The average Bonchev–Trinajstić information content (AvgIpc) is 2.48. The van der Waals surface area contributed by atoms with Crippen LogP contribution in [-0.4, -0.2) is 19.9 Å². The summed E-state index contributed by atoms with van der Waals surface area (Å²) < 4.78 is 22.3. The average molecular weight is 335 g/mol. The van der Waals surface area contributed by atoms with Gasteiger partial charge in [0.15, 0.2) is 0 Å². The van der Waals surface area contributed by atoms with E-state index in [0.717, 1.165) is 11.1 Å². The summed E-state index contributed by atoms with van der Waals surface area (Å²) in [5, 5.41) is 19.1. The number of nitrogens with one attached hydrogen (secondary N) is 1. The van der Waals surface area contributed by atoms with Gasteiger partial charge < -0.3 is 5.32 Å². The summed E-state index contributed by atoms with van der Waals surface area (Å²) in [6.45, 7) is 2.28. The number of benzene rings is 2. The molecule has 0 aliphatic carbocycles. The summed E-state index contributed by atoms with van der Waals surface area (Å²) in [7, 11) is -3.69. The number of aryl methyl sites for hydroxylation is 1. The lowest BCUT2D eigenvalue weighted by Gasteiger charge is -2.08. The fraction of sp³-hybridized carbons (Fsp3) is 0.200. The second-order valence-corrected chi connectivity index (χ2v) is 6.70. The van der Waals surface area contributed by atoms with Gasteiger partial charge in [0, 0.05) is 12.6 Å². The van der Waals surface area contributed by atoms with Crippen molar-refractivity contribution in [2.24, 2.45) is 5.14 Å². The van der Waals surface area contributed by atoms with E-state index in [2.05, 4.69) is 5.32 Å². The number of hydrogen-bond donors (Lipinski definition) is 2. The second-order valence-electron chi connectivity index (χ2n) is 5.14. The standard InChI is InChI=1S/C15H17N3O4S/c1-11-2-7-14(15(10-11)18(19)20)17-9-8-12-3-5-13(6-4-12)23(16,21)22/h2-7,10,17H,8-9H2,1H3,(H2,16,21,22). The Morgan fingerprint density at radius 2 is 1.83 bits per heavy atom. The summed E-state index contributed by atoms with van der Waals surface area (Å²) in [4.78, 5) is 10.7. The van der Waals surface area contributed by atoms with E-state index in [1.54, 1.807) is 31.2 Å². The minimum Gasteiger partial charge on any atom is -0.379 e. The van der Waals surface area contributed by atoms with Crippen LogP contribution in [0.4, 0.5) is 11.4 Å². The van der Waals surface area contributed by atoms with E-state index in [0.29, 0.717) is 18.7 Å². The van der Waals surface area contributed by atoms with E-state index < -0.39 is 14.9 Å². The molecule has 0 aromatic heterocycles. The highest BCUT2D eigenvalue weighted by Gasteiger charge is 2.13. The highest BCUT2D eigenvalue weighted by Crippen LogP contribution is 2.25. The molecule has 3 N–H and O–H groups in total. The van der Waals surface area contributed by atoms with Gasteiger partial charge >= 0.3 is 0 Å². The maximum atomic E-state index is 11.2. The van der Waals surface area contributed by atoms with Gasteiger partial charge in [0.05, 0.1) is 9.82 Å². The van der Waals surface area contributed by atoms with Crippen molar-refractivity contribution in [1.82, 2.24) is 0 Å². The van der Waals surface area contributed by atoms with E-state index in [1.165, 1.54) is 18.2 Å². The molecule has 0 spiro atoms. The zero-order valence-corrected chi connectivity index (χ0v) is 13.3. The lowest BCUT2D eigenvalue weighted by molar-refractivity contribution is -0.384. The Bertz CT molecular complexity index is 817. The molecule has 8 heteroatoms. The van der Waals surface area contributed by atoms with Gasteiger partial charge in [-0.15, -0.1) is 0 Å². The number of primary sulfonamides is 1. The van der Waals surface area contributed by atoms with Crippen LogP contribution in [0.5, 0.6) is 0 Å². The molecule has 2 aromatic rings. The molecule has 0 amide bonds. The zero-order valence-electron chi connectivity index (χ0n) is 12.5. The number of anilines is 1. The van der Waals surface area contributed by atoms with Gasteiger partial charge in [0.25, 0.3) is 5.69 Å². The minimum absolute atomic E-state index is 0.0366. The maximum Gasteiger partial charge on any atom is 0.292 e. The molecular weight excluding hydrogens is 318 g/mol. The van der Waals surface area contributed by atoms with Crippen LogP contribution in [0.25, 0.3) is 0 Å². The van der Waals surface area contributed by atoms with Crippen LogP contribution in [0.1, 0.15) is 11.1 Å². The summed E-state index contributed by atoms with van der Waals surface area (Å²) >= 11 is 0. The highest BCUT2D eigenvalue weighted by molar-refractivity contribution is 7.89. The van der Waals surface area contributed by atoms with Crippen molar-refractivity contribution in [3.63, 3.8) is 0 Å². The first-order valence-corrected chi connectivity index (χ1v) is 8.42. The molecule has 0 radical (unpaired) electrons. The molecule has 7 nitrogen and oxygen atoms in total. The number of hydrogen-bond acceptors (Lipinski definition) is 5. The van der Waals surface area contributed by atoms with Gasteiger partial charge in [-0.3, -0.25) is 10.1 Å². The van der Waals surface area contributed by atoms with Crippen LogP contribution in [0.15, 0.2) is 47.4 Å². The van der Waals surface area contributed by atoms with E-state index >= 15 is 0 Å². The molecule has 0 aliphatic heterocycles. The van der Waals surface area contributed by atoms with E-state index in [9.17, 15) is 18.5 Å². The smallest absolute Gasteiger partial charge is 0.292 e. The van der Waals surface area contributed by atoms with Crippen LogP contribution >= 0.6 is 0 Å². The van der Waals surface area contributed by atoms with Crippen molar-refractivity contribution in [2.45, 2.75) is 18.2 Å². The highest BCUT2D eigenvalue weighted by atomic mass is 32.2. The molecule has 23 heavy (non-hydrogen) atoms. The van der Waals surface area contributed by atoms with Gasteiger partial charge in [0.2, 0.25) is 10.0 Å². The van der Waals surface area contributed by atoms with Crippen molar-refractivity contribution in [3.05, 3.63) is 63.7 Å². The molecule has 0 bridgehead atoms. The Kier molecular flexibility index (Phi) is 4.97. The fourth-order valence-corrected chi connectivity index (χ4v) is 2.64. The molecule has 0 saturated carbocycles. The topological polar surface area (TPSA) is 115 Å². The van der Waals surface area contributed by atoms with Crippen LogP contribution < -0.4 is 10.5 Å². The summed E-state index contributed by atoms with van der Waals surface area (Å²) in [6.07, 6.45) is 0.593. The maximum absolute atomic E-state index is 11.2. The quantitative estimate of drug-likeness (QED) is 0.620. The molecular formula is C15H17N3O4S. The number of nitro benzene ring substituents is 1. The predicted molar refractivity (Wildman–Crippen MR) is 87.8 cm³/mol. The van der Waals surface area contributed by atoms with Crippen molar-refractivity contribution in [1.29, 1.82) is 0 Å². The number of nitrogens with zero attached hydrogens (tertiary/aromatic N) is 1. The normalized spacial score (nSPS) is 11.2. The minimum atomic E-state index is -3.69. The fourth-order valence-electron chi connectivity index (χ4n) is 2.13. The Morgan fingerprint density at radius 1 is 1.17 bits per heavy atom. The Hall–Kier alpha value is -2.45. The molecule has 0 fully saturated rings. The molecule has 0 heterocycles. The Balaban J connectivity index is 2.02. The first kappa shape index (κ1) is 16.9. The SMILES string of the molecule is Cc1ccc(NCCc2ccc(S(N)(=O)=O)cc2)c([N+](=O)[O-])c1. The van der Waals surface area contributed by atoms with Crippen LogP contribution in [-0.2, 0) is 16.4 Å².